The fraction of sp³-hybridized carbons (Fsp3) is 0.750. The van der Waals surface area contributed by atoms with Crippen molar-refractivity contribution in [2.24, 2.45) is 0 Å². The van der Waals surface area contributed by atoms with E-state index in [2.05, 4.69) is 16.6 Å². The number of amides is 1. The zero-order valence-electron chi connectivity index (χ0n) is 9.53. The number of fused-ring (bicyclic) bond motifs is 2. The summed E-state index contributed by atoms with van der Waals surface area (Å²) < 4.78 is 5.72. The second-order valence-electron chi connectivity index (χ2n) is 4.53. The van der Waals surface area contributed by atoms with Crippen molar-refractivity contribution in [3.63, 3.8) is 0 Å². The predicted molar refractivity (Wildman–Crippen MR) is 60.7 cm³/mol. The summed E-state index contributed by atoms with van der Waals surface area (Å²) in [6.45, 7) is 2.15. The average molecular weight is 222 g/mol. The molecular weight excluding hydrogens is 204 g/mol. The molecular formula is C12H18N2O2. The van der Waals surface area contributed by atoms with Gasteiger partial charge in [-0.25, -0.2) is 0 Å². The molecule has 1 amide bonds. The summed E-state index contributed by atoms with van der Waals surface area (Å²) in [6, 6.07) is 0.117. The number of terminal acetylenes is 1. The normalized spacial score (nSPS) is 33.4. The topological polar surface area (TPSA) is 50.4 Å². The molecule has 0 aromatic heterocycles. The van der Waals surface area contributed by atoms with Crippen LogP contribution in [0.4, 0.5) is 0 Å². The molecule has 2 fully saturated rings. The van der Waals surface area contributed by atoms with Gasteiger partial charge >= 0.3 is 0 Å². The average Bonchev–Trinajstić information content (AvgIpc) is 2.87. The van der Waals surface area contributed by atoms with Crippen LogP contribution < -0.4 is 10.6 Å². The van der Waals surface area contributed by atoms with Crippen molar-refractivity contribution in [3.05, 3.63) is 0 Å². The number of nitrogens with one attached hydrogen (secondary N) is 2. The molecule has 0 aliphatic carbocycles. The van der Waals surface area contributed by atoms with Gasteiger partial charge in [-0.05, 0) is 26.2 Å². The first kappa shape index (κ1) is 11.4. The number of rotatable bonds is 4. The Kier molecular flexibility index (Phi) is 3.47. The molecule has 2 saturated heterocycles. The van der Waals surface area contributed by atoms with E-state index in [1.54, 1.807) is 0 Å². The first-order valence-electron chi connectivity index (χ1n) is 5.83. The van der Waals surface area contributed by atoms with E-state index in [0.29, 0.717) is 18.2 Å². The first-order valence-corrected chi connectivity index (χ1v) is 5.83. The van der Waals surface area contributed by atoms with Gasteiger partial charge in [0.1, 0.15) is 0 Å². The van der Waals surface area contributed by atoms with Crippen LogP contribution in [-0.4, -0.2) is 36.7 Å². The lowest BCUT2D eigenvalue weighted by molar-refractivity contribution is -0.122. The molecule has 0 aromatic rings. The second-order valence-corrected chi connectivity index (χ2v) is 4.53. The van der Waals surface area contributed by atoms with Crippen LogP contribution in [0.25, 0.3) is 0 Å². The van der Waals surface area contributed by atoms with Crippen LogP contribution >= 0.6 is 0 Å². The van der Waals surface area contributed by atoms with Gasteiger partial charge < -0.3 is 15.4 Å². The quantitative estimate of drug-likeness (QED) is 0.660. The van der Waals surface area contributed by atoms with Crippen molar-refractivity contribution < 1.29 is 9.53 Å². The third-order valence-corrected chi connectivity index (χ3v) is 3.33. The highest BCUT2D eigenvalue weighted by Gasteiger charge is 2.41. The van der Waals surface area contributed by atoms with E-state index in [9.17, 15) is 4.79 Å². The van der Waals surface area contributed by atoms with Gasteiger partial charge in [-0.1, -0.05) is 5.92 Å². The van der Waals surface area contributed by atoms with Crippen molar-refractivity contribution in [2.75, 3.05) is 6.54 Å². The van der Waals surface area contributed by atoms with E-state index >= 15 is 0 Å². The molecule has 0 aromatic carbocycles. The molecule has 2 aliphatic heterocycles. The summed E-state index contributed by atoms with van der Waals surface area (Å²) in [5, 5.41) is 5.99. The number of hydrogen-bond donors (Lipinski definition) is 2. The van der Waals surface area contributed by atoms with E-state index in [1.807, 2.05) is 6.92 Å². The van der Waals surface area contributed by atoms with E-state index in [1.165, 1.54) is 6.42 Å². The van der Waals surface area contributed by atoms with Crippen LogP contribution in [0.15, 0.2) is 0 Å². The molecule has 4 atom stereocenters. The molecule has 4 nitrogen and oxygen atoms in total. The lowest BCUT2D eigenvalue weighted by Gasteiger charge is -2.23. The molecule has 2 N–H and O–H groups in total. The highest BCUT2D eigenvalue weighted by molar-refractivity contribution is 5.81. The molecule has 16 heavy (non-hydrogen) atoms. The molecule has 4 unspecified atom stereocenters. The van der Waals surface area contributed by atoms with E-state index in [-0.39, 0.29) is 18.5 Å². The highest BCUT2D eigenvalue weighted by atomic mass is 16.5. The van der Waals surface area contributed by atoms with Gasteiger partial charge in [0.05, 0.1) is 24.8 Å². The minimum atomic E-state index is -0.207. The zero-order valence-corrected chi connectivity index (χ0v) is 9.53. The van der Waals surface area contributed by atoms with Crippen LogP contribution in [0.1, 0.15) is 26.2 Å². The SMILES string of the molecule is C#CCNC(=O)C(C)NC1CC2CCC1O2. The summed E-state index contributed by atoms with van der Waals surface area (Å²) in [5.41, 5.74) is 0. The fourth-order valence-corrected chi connectivity index (χ4v) is 2.50. The Bertz CT molecular complexity index is 311. The van der Waals surface area contributed by atoms with Crippen molar-refractivity contribution in [1.82, 2.24) is 10.6 Å². The fourth-order valence-electron chi connectivity index (χ4n) is 2.50. The molecule has 0 saturated carbocycles. The van der Waals surface area contributed by atoms with Crippen LogP contribution in [0.5, 0.6) is 0 Å². The Hall–Kier alpha value is -1.05. The van der Waals surface area contributed by atoms with Crippen LogP contribution in [-0.2, 0) is 9.53 Å². The van der Waals surface area contributed by atoms with E-state index in [4.69, 9.17) is 11.2 Å². The Balaban J connectivity index is 1.77. The molecule has 88 valence electrons. The maximum absolute atomic E-state index is 11.6. The van der Waals surface area contributed by atoms with Gasteiger partial charge in [-0.3, -0.25) is 4.79 Å². The Morgan fingerprint density at radius 3 is 3.00 bits per heavy atom. The highest BCUT2D eigenvalue weighted by Crippen LogP contribution is 2.34. The maximum Gasteiger partial charge on any atom is 0.237 e. The third-order valence-electron chi connectivity index (χ3n) is 3.33. The first-order chi connectivity index (χ1) is 7.70. The van der Waals surface area contributed by atoms with Crippen LogP contribution in [0.3, 0.4) is 0 Å². The number of ether oxygens (including phenoxy) is 1. The summed E-state index contributed by atoms with van der Waals surface area (Å²) in [6.07, 6.45) is 9.09. The van der Waals surface area contributed by atoms with Gasteiger partial charge in [0.25, 0.3) is 0 Å². The summed E-state index contributed by atoms with van der Waals surface area (Å²) in [5.74, 6) is 2.35. The zero-order chi connectivity index (χ0) is 11.5. The molecule has 0 radical (unpaired) electrons. The Morgan fingerprint density at radius 1 is 1.62 bits per heavy atom. The third kappa shape index (κ3) is 2.37. The molecule has 2 rings (SSSR count). The van der Waals surface area contributed by atoms with Crippen molar-refractivity contribution in [2.45, 2.75) is 50.5 Å². The van der Waals surface area contributed by atoms with E-state index < -0.39 is 0 Å². The van der Waals surface area contributed by atoms with E-state index in [0.717, 1.165) is 12.8 Å². The lowest BCUT2D eigenvalue weighted by Crippen LogP contribution is -2.49. The van der Waals surface area contributed by atoms with Crippen LogP contribution in [0.2, 0.25) is 0 Å². The smallest absolute Gasteiger partial charge is 0.237 e. The maximum atomic E-state index is 11.6. The minimum absolute atomic E-state index is 0.0410. The standard InChI is InChI=1S/C12H18N2O2/c1-3-6-13-12(15)8(2)14-10-7-9-4-5-11(10)16-9/h1,8-11,14H,4-7H2,2H3,(H,13,15). The largest absolute Gasteiger partial charge is 0.373 e. The predicted octanol–water partition coefficient (Wildman–Crippen LogP) is 0.0338. The van der Waals surface area contributed by atoms with Gasteiger partial charge in [0.15, 0.2) is 0 Å². The number of hydrogen-bond acceptors (Lipinski definition) is 3. The van der Waals surface area contributed by atoms with Gasteiger partial charge in [0.2, 0.25) is 5.91 Å². The minimum Gasteiger partial charge on any atom is -0.373 e. The Morgan fingerprint density at radius 2 is 2.44 bits per heavy atom. The molecule has 0 spiro atoms. The molecule has 2 aliphatic rings. The monoisotopic (exact) mass is 222 g/mol. The summed E-state index contributed by atoms with van der Waals surface area (Å²) >= 11 is 0. The Labute approximate surface area is 96.1 Å². The van der Waals surface area contributed by atoms with Crippen molar-refractivity contribution in [3.8, 4) is 12.3 Å². The lowest BCUT2D eigenvalue weighted by atomic mass is 9.95. The molecule has 2 heterocycles. The number of carbonyl (C=O) groups is 1. The second kappa shape index (κ2) is 4.86. The van der Waals surface area contributed by atoms with Gasteiger partial charge in [0, 0.05) is 6.04 Å². The van der Waals surface area contributed by atoms with Crippen molar-refractivity contribution in [1.29, 1.82) is 0 Å². The van der Waals surface area contributed by atoms with Gasteiger partial charge in [-0.2, -0.15) is 0 Å². The van der Waals surface area contributed by atoms with Gasteiger partial charge in [-0.15, -0.1) is 6.42 Å². The summed E-state index contributed by atoms with van der Waals surface area (Å²) in [7, 11) is 0. The molecule has 2 bridgehead atoms. The van der Waals surface area contributed by atoms with Crippen LogP contribution in [0, 0.1) is 12.3 Å². The molecule has 4 heteroatoms. The number of carbonyl (C=O) groups excluding carboxylic acids is 1. The van der Waals surface area contributed by atoms with Crippen molar-refractivity contribution >= 4 is 5.91 Å². The summed E-state index contributed by atoms with van der Waals surface area (Å²) in [4.78, 5) is 11.6.